The van der Waals surface area contributed by atoms with Crippen LogP contribution in [0.3, 0.4) is 0 Å². The highest BCUT2D eigenvalue weighted by molar-refractivity contribution is 5.88. The molecule has 0 radical (unpaired) electrons. The summed E-state index contributed by atoms with van der Waals surface area (Å²) in [6, 6.07) is 12.2. The van der Waals surface area contributed by atoms with Gasteiger partial charge in [0.25, 0.3) is 0 Å². The first-order valence-electron chi connectivity index (χ1n) is 6.67. The molecule has 5 heteroatoms. The van der Waals surface area contributed by atoms with Crippen molar-refractivity contribution >= 4 is 22.6 Å². The van der Waals surface area contributed by atoms with Crippen LogP contribution in [-0.2, 0) is 16.0 Å². The lowest BCUT2D eigenvalue weighted by molar-refractivity contribution is -0.143. The second kappa shape index (κ2) is 6.37. The van der Waals surface area contributed by atoms with E-state index >= 15 is 0 Å². The first kappa shape index (κ1) is 15.0. The van der Waals surface area contributed by atoms with E-state index in [1.807, 2.05) is 42.5 Å². The van der Waals surface area contributed by atoms with Crippen LogP contribution in [0, 0.1) is 0 Å². The van der Waals surface area contributed by atoms with Crippen molar-refractivity contribution in [3.05, 3.63) is 48.0 Å². The molecular formula is C16H17NO4. The zero-order valence-electron chi connectivity index (χ0n) is 11.6. The molecule has 0 aliphatic heterocycles. The predicted molar refractivity (Wildman–Crippen MR) is 78.9 cm³/mol. The van der Waals surface area contributed by atoms with Gasteiger partial charge in [-0.1, -0.05) is 42.5 Å². The molecule has 5 nitrogen and oxygen atoms in total. The van der Waals surface area contributed by atoms with Crippen molar-refractivity contribution in [2.24, 2.45) is 0 Å². The van der Waals surface area contributed by atoms with Crippen molar-refractivity contribution in [3.8, 4) is 0 Å². The van der Waals surface area contributed by atoms with Gasteiger partial charge in [0, 0.05) is 6.42 Å². The van der Waals surface area contributed by atoms with E-state index in [1.54, 1.807) is 0 Å². The maximum atomic E-state index is 11.5. The molecule has 2 aromatic rings. The quantitative estimate of drug-likeness (QED) is 0.774. The fourth-order valence-corrected chi connectivity index (χ4v) is 2.18. The summed E-state index contributed by atoms with van der Waals surface area (Å²) in [7, 11) is 0. The lowest BCUT2D eigenvalue weighted by Crippen LogP contribution is -2.45. The minimum atomic E-state index is -1.24. The zero-order valence-corrected chi connectivity index (χ0v) is 11.6. The molecule has 0 heterocycles. The Bertz CT molecular complexity index is 661. The third-order valence-electron chi connectivity index (χ3n) is 3.30. The summed E-state index contributed by atoms with van der Waals surface area (Å²) in [6.07, 6.45) is -1.07. The summed E-state index contributed by atoms with van der Waals surface area (Å²) >= 11 is 0. The topological polar surface area (TPSA) is 86.6 Å². The number of carboxylic acid groups (broad SMARTS) is 1. The fraction of sp³-hybridized carbons (Fsp3) is 0.250. The molecule has 1 amide bonds. The van der Waals surface area contributed by atoms with Gasteiger partial charge in [0.1, 0.15) is 12.1 Å². The van der Waals surface area contributed by atoms with Crippen molar-refractivity contribution in [1.82, 2.24) is 5.32 Å². The summed E-state index contributed by atoms with van der Waals surface area (Å²) in [5, 5.41) is 22.7. The average molecular weight is 287 g/mol. The molecular weight excluding hydrogens is 270 g/mol. The summed E-state index contributed by atoms with van der Waals surface area (Å²) in [5.41, 5.74) is 0.839. The summed E-state index contributed by atoms with van der Waals surface area (Å²) in [6.45, 7) is 1.30. The lowest BCUT2D eigenvalue weighted by Gasteiger charge is -2.16. The van der Waals surface area contributed by atoms with Gasteiger partial charge in [0.15, 0.2) is 0 Å². The molecule has 0 saturated heterocycles. The number of hydrogen-bond donors (Lipinski definition) is 3. The minimum absolute atomic E-state index is 0.162. The van der Waals surface area contributed by atoms with E-state index < -0.39 is 24.0 Å². The van der Waals surface area contributed by atoms with Gasteiger partial charge in [-0.3, -0.25) is 4.79 Å². The molecule has 0 bridgehead atoms. The maximum Gasteiger partial charge on any atom is 0.326 e. The van der Waals surface area contributed by atoms with E-state index in [4.69, 9.17) is 0 Å². The Morgan fingerprint density at radius 1 is 1.14 bits per heavy atom. The number of amides is 1. The van der Waals surface area contributed by atoms with Crippen LogP contribution in [0.1, 0.15) is 12.5 Å². The number of aliphatic carboxylic acids is 1. The van der Waals surface area contributed by atoms with Crippen LogP contribution in [0.4, 0.5) is 0 Å². The molecule has 0 aliphatic rings. The van der Waals surface area contributed by atoms with E-state index in [9.17, 15) is 19.8 Å². The Morgan fingerprint density at radius 2 is 1.81 bits per heavy atom. The van der Waals surface area contributed by atoms with Crippen LogP contribution in [-0.4, -0.2) is 34.2 Å². The number of benzene rings is 2. The molecule has 0 fully saturated rings. The molecule has 2 aromatic carbocycles. The number of nitrogens with one attached hydrogen (secondary N) is 1. The lowest BCUT2D eigenvalue weighted by atomic mass is 9.98. The molecule has 110 valence electrons. The van der Waals surface area contributed by atoms with Gasteiger partial charge in [-0.25, -0.2) is 4.79 Å². The maximum absolute atomic E-state index is 11.5. The molecule has 0 saturated carbocycles. The Hall–Kier alpha value is -2.40. The third kappa shape index (κ3) is 3.58. The molecule has 2 rings (SSSR count). The van der Waals surface area contributed by atoms with E-state index in [2.05, 4.69) is 5.32 Å². The molecule has 3 N–H and O–H groups in total. The van der Waals surface area contributed by atoms with Crippen molar-refractivity contribution in [2.45, 2.75) is 25.5 Å². The van der Waals surface area contributed by atoms with Crippen molar-refractivity contribution in [3.63, 3.8) is 0 Å². The summed E-state index contributed by atoms with van der Waals surface area (Å²) in [4.78, 5) is 22.8. The first-order valence-corrected chi connectivity index (χ1v) is 6.67. The number of carbonyl (C=O) groups excluding carboxylic acids is 1. The fourth-order valence-electron chi connectivity index (χ4n) is 2.18. The van der Waals surface area contributed by atoms with Crippen molar-refractivity contribution in [1.29, 1.82) is 0 Å². The van der Waals surface area contributed by atoms with E-state index in [0.29, 0.717) is 0 Å². The van der Waals surface area contributed by atoms with Crippen LogP contribution in [0.5, 0.6) is 0 Å². The molecule has 21 heavy (non-hydrogen) atoms. The monoisotopic (exact) mass is 287 g/mol. The standard InChI is InChI=1S/C16H17NO4/c1-10(18)15(19)17-14(16(20)21)9-12-7-4-6-11-5-2-3-8-13(11)12/h2-8,10,14,18H,9H2,1H3,(H,17,19)(H,20,21)/t10-,14-/m0/s1. The number of rotatable bonds is 5. The largest absolute Gasteiger partial charge is 0.480 e. The van der Waals surface area contributed by atoms with Gasteiger partial charge in [-0.15, -0.1) is 0 Å². The number of fused-ring (bicyclic) bond motifs is 1. The number of aliphatic hydroxyl groups is 1. The Balaban J connectivity index is 2.27. The average Bonchev–Trinajstić information content (AvgIpc) is 2.46. The Labute approximate surface area is 122 Å². The van der Waals surface area contributed by atoms with Gasteiger partial charge in [-0.05, 0) is 23.3 Å². The Morgan fingerprint density at radius 3 is 2.48 bits per heavy atom. The molecule has 0 unspecified atom stereocenters. The van der Waals surface area contributed by atoms with Crippen LogP contribution in [0.25, 0.3) is 10.8 Å². The van der Waals surface area contributed by atoms with Crippen LogP contribution >= 0.6 is 0 Å². The first-order chi connectivity index (χ1) is 9.99. The molecule has 2 atom stereocenters. The van der Waals surface area contributed by atoms with E-state index in [1.165, 1.54) is 6.92 Å². The SMILES string of the molecule is C[C@H](O)C(=O)N[C@@H](Cc1cccc2ccccc12)C(=O)O. The van der Waals surface area contributed by atoms with Gasteiger partial charge < -0.3 is 15.5 Å². The number of carboxylic acids is 1. The highest BCUT2D eigenvalue weighted by atomic mass is 16.4. The van der Waals surface area contributed by atoms with Crippen LogP contribution in [0.15, 0.2) is 42.5 Å². The van der Waals surface area contributed by atoms with Crippen molar-refractivity contribution in [2.75, 3.05) is 0 Å². The smallest absolute Gasteiger partial charge is 0.326 e. The summed E-state index contributed by atoms with van der Waals surface area (Å²) in [5.74, 6) is -1.82. The third-order valence-corrected chi connectivity index (χ3v) is 3.30. The molecule has 0 aliphatic carbocycles. The summed E-state index contributed by atoms with van der Waals surface area (Å²) < 4.78 is 0. The highest BCUT2D eigenvalue weighted by Gasteiger charge is 2.22. The number of aliphatic hydroxyl groups excluding tert-OH is 1. The zero-order chi connectivity index (χ0) is 15.4. The molecule has 0 aromatic heterocycles. The second-order valence-corrected chi connectivity index (χ2v) is 4.92. The normalized spacial score (nSPS) is 13.6. The van der Waals surface area contributed by atoms with Gasteiger partial charge >= 0.3 is 5.97 Å². The van der Waals surface area contributed by atoms with Crippen LogP contribution < -0.4 is 5.32 Å². The minimum Gasteiger partial charge on any atom is -0.480 e. The number of hydrogen-bond acceptors (Lipinski definition) is 3. The van der Waals surface area contributed by atoms with E-state index in [-0.39, 0.29) is 6.42 Å². The Kier molecular flexibility index (Phi) is 4.55. The van der Waals surface area contributed by atoms with Crippen molar-refractivity contribution < 1.29 is 19.8 Å². The number of carbonyl (C=O) groups is 2. The van der Waals surface area contributed by atoms with E-state index in [0.717, 1.165) is 16.3 Å². The molecule has 0 spiro atoms. The predicted octanol–water partition coefficient (Wildman–Crippen LogP) is 1.33. The van der Waals surface area contributed by atoms with Gasteiger partial charge in [-0.2, -0.15) is 0 Å². The second-order valence-electron chi connectivity index (χ2n) is 4.92. The van der Waals surface area contributed by atoms with Crippen LogP contribution in [0.2, 0.25) is 0 Å². The highest BCUT2D eigenvalue weighted by Crippen LogP contribution is 2.19. The van der Waals surface area contributed by atoms with Gasteiger partial charge in [0.05, 0.1) is 0 Å². The van der Waals surface area contributed by atoms with Gasteiger partial charge in [0.2, 0.25) is 5.91 Å².